The minimum atomic E-state index is 0.588. The highest BCUT2D eigenvalue weighted by atomic mass is 35.5. The van der Waals surface area contributed by atoms with Gasteiger partial charge in [-0.2, -0.15) is 0 Å². The van der Waals surface area contributed by atoms with Crippen LogP contribution in [-0.4, -0.2) is 9.97 Å². The van der Waals surface area contributed by atoms with E-state index in [2.05, 4.69) is 71.5 Å². The zero-order chi connectivity index (χ0) is 22.1. The molecule has 1 aromatic heterocycles. The Kier molecular flexibility index (Phi) is 5.80. The molecule has 0 fully saturated rings. The lowest BCUT2D eigenvalue weighted by atomic mass is 9.79. The summed E-state index contributed by atoms with van der Waals surface area (Å²) in [5.41, 5.74) is 10.6. The van der Waals surface area contributed by atoms with E-state index in [0.717, 1.165) is 16.6 Å². The molecule has 1 heterocycles. The lowest BCUT2D eigenvalue weighted by Crippen LogP contribution is -2.07. The molecule has 6 rings (SSSR count). The summed E-state index contributed by atoms with van der Waals surface area (Å²) in [7, 11) is 0. The smallest absolute Gasteiger partial charge is 0.116 e. The standard InChI is InChI=1S/C19H17Cl.C10H10N2/c20-12-13-5-8-17-15(11-13)7-10-18-16-4-2-1-3-14(16)6-9-19(17)18;1-7-3-4-10-9(5-7)8(2)11-6-12-10/h2,4-5,7-8,10-11H,1,3,6,9,12H2;3-6H,1-2H3. The summed E-state index contributed by atoms with van der Waals surface area (Å²) in [6.07, 6.45) is 11.1. The van der Waals surface area contributed by atoms with Gasteiger partial charge in [0.2, 0.25) is 0 Å². The molecule has 0 bridgehead atoms. The highest BCUT2D eigenvalue weighted by molar-refractivity contribution is 6.17. The van der Waals surface area contributed by atoms with E-state index in [0.29, 0.717) is 5.88 Å². The lowest BCUT2D eigenvalue weighted by molar-refractivity contribution is 0.831. The van der Waals surface area contributed by atoms with Crippen LogP contribution in [0.15, 0.2) is 72.6 Å². The van der Waals surface area contributed by atoms with Crippen molar-refractivity contribution in [3.63, 3.8) is 0 Å². The Morgan fingerprint density at radius 1 is 0.875 bits per heavy atom. The molecule has 4 aromatic rings. The number of benzene rings is 3. The third-order valence-corrected chi connectivity index (χ3v) is 6.89. The average molecular weight is 439 g/mol. The van der Waals surface area contributed by atoms with Gasteiger partial charge in [0, 0.05) is 17.0 Å². The molecule has 32 heavy (non-hydrogen) atoms. The number of aromatic nitrogens is 2. The number of hydrogen-bond acceptors (Lipinski definition) is 2. The number of halogens is 1. The molecule has 2 nitrogen and oxygen atoms in total. The van der Waals surface area contributed by atoms with E-state index in [1.165, 1.54) is 64.3 Å². The van der Waals surface area contributed by atoms with Crippen LogP contribution >= 0.6 is 11.6 Å². The van der Waals surface area contributed by atoms with Crippen LogP contribution in [0.2, 0.25) is 0 Å². The van der Waals surface area contributed by atoms with E-state index in [9.17, 15) is 0 Å². The quantitative estimate of drug-likeness (QED) is 0.282. The predicted molar refractivity (Wildman–Crippen MR) is 136 cm³/mol. The van der Waals surface area contributed by atoms with Gasteiger partial charge in [0.25, 0.3) is 0 Å². The highest BCUT2D eigenvalue weighted by Crippen LogP contribution is 2.39. The van der Waals surface area contributed by atoms with Crippen LogP contribution in [0.5, 0.6) is 0 Å². The van der Waals surface area contributed by atoms with Crippen LogP contribution < -0.4 is 0 Å². The van der Waals surface area contributed by atoms with E-state index in [1.807, 2.05) is 13.0 Å². The number of nitrogens with zero attached hydrogens (tertiary/aromatic N) is 2. The van der Waals surface area contributed by atoms with Gasteiger partial charge >= 0.3 is 0 Å². The Bertz CT molecular complexity index is 1380. The molecule has 3 aromatic carbocycles. The van der Waals surface area contributed by atoms with Crippen LogP contribution in [0.1, 0.15) is 47.2 Å². The highest BCUT2D eigenvalue weighted by Gasteiger charge is 2.20. The van der Waals surface area contributed by atoms with Gasteiger partial charge in [-0.05, 0) is 90.8 Å². The minimum Gasteiger partial charge on any atom is -0.241 e. The number of allylic oxidation sites excluding steroid dienone is 4. The van der Waals surface area contributed by atoms with Crippen molar-refractivity contribution >= 4 is 38.8 Å². The van der Waals surface area contributed by atoms with Gasteiger partial charge in [-0.25, -0.2) is 9.97 Å². The van der Waals surface area contributed by atoms with Crippen LogP contribution in [-0.2, 0) is 12.3 Å². The molecule has 2 aliphatic carbocycles. The zero-order valence-electron chi connectivity index (χ0n) is 18.7. The second kappa shape index (κ2) is 8.88. The van der Waals surface area contributed by atoms with Crippen molar-refractivity contribution in [2.24, 2.45) is 0 Å². The molecular weight excluding hydrogens is 412 g/mol. The normalized spacial score (nSPS) is 14.7. The first-order chi connectivity index (χ1) is 15.6. The maximum atomic E-state index is 5.95. The molecular formula is C29H27ClN2. The van der Waals surface area contributed by atoms with Gasteiger partial charge in [0.1, 0.15) is 6.33 Å². The molecule has 0 atom stereocenters. The number of alkyl halides is 1. The van der Waals surface area contributed by atoms with Crippen molar-refractivity contribution in [2.45, 2.75) is 45.4 Å². The van der Waals surface area contributed by atoms with Crippen LogP contribution in [0.4, 0.5) is 0 Å². The molecule has 2 aliphatic rings. The predicted octanol–water partition coefficient (Wildman–Crippen LogP) is 7.88. The molecule has 0 saturated heterocycles. The molecule has 0 aliphatic heterocycles. The van der Waals surface area contributed by atoms with Crippen molar-refractivity contribution < 1.29 is 0 Å². The third kappa shape index (κ3) is 3.96. The fourth-order valence-electron chi connectivity index (χ4n) is 4.88. The van der Waals surface area contributed by atoms with Crippen molar-refractivity contribution in [3.8, 4) is 0 Å². The van der Waals surface area contributed by atoms with Gasteiger partial charge in [-0.1, -0.05) is 53.6 Å². The Morgan fingerprint density at radius 2 is 1.78 bits per heavy atom. The van der Waals surface area contributed by atoms with Crippen LogP contribution in [0.25, 0.3) is 27.2 Å². The van der Waals surface area contributed by atoms with Crippen molar-refractivity contribution in [1.29, 1.82) is 0 Å². The van der Waals surface area contributed by atoms with Gasteiger partial charge in [0.05, 0.1) is 5.52 Å². The van der Waals surface area contributed by atoms with Gasteiger partial charge in [-0.3, -0.25) is 0 Å². The SMILES string of the molecule is Cc1ccc2ncnc(C)c2c1.ClCc1ccc2c3c(ccc2c1)C1=C(CCC=C1)CC3. The number of rotatable bonds is 1. The summed E-state index contributed by atoms with van der Waals surface area (Å²) in [4.78, 5) is 8.31. The Morgan fingerprint density at radius 3 is 2.66 bits per heavy atom. The summed E-state index contributed by atoms with van der Waals surface area (Å²) >= 11 is 5.95. The van der Waals surface area contributed by atoms with Crippen molar-refractivity contribution in [1.82, 2.24) is 9.97 Å². The van der Waals surface area contributed by atoms with E-state index in [-0.39, 0.29) is 0 Å². The fourth-order valence-corrected chi connectivity index (χ4v) is 5.04. The molecule has 0 N–H and O–H groups in total. The summed E-state index contributed by atoms with van der Waals surface area (Å²) in [5, 5.41) is 3.88. The second-order valence-corrected chi connectivity index (χ2v) is 8.99. The minimum absolute atomic E-state index is 0.588. The number of aryl methyl sites for hydroxylation is 3. The summed E-state index contributed by atoms with van der Waals surface area (Å²) in [5.74, 6) is 0.588. The molecule has 160 valence electrons. The monoisotopic (exact) mass is 438 g/mol. The maximum Gasteiger partial charge on any atom is 0.116 e. The average Bonchev–Trinajstić information content (AvgIpc) is 2.84. The lowest BCUT2D eigenvalue weighted by Gasteiger charge is -2.25. The van der Waals surface area contributed by atoms with Gasteiger partial charge in [-0.15, -0.1) is 11.6 Å². The van der Waals surface area contributed by atoms with Crippen molar-refractivity contribution in [3.05, 3.63) is 101 Å². The topological polar surface area (TPSA) is 25.8 Å². The molecule has 3 heteroatoms. The largest absolute Gasteiger partial charge is 0.241 e. The Balaban J connectivity index is 0.000000154. The third-order valence-electron chi connectivity index (χ3n) is 6.59. The zero-order valence-corrected chi connectivity index (χ0v) is 19.4. The van der Waals surface area contributed by atoms with Gasteiger partial charge in [0.15, 0.2) is 0 Å². The van der Waals surface area contributed by atoms with E-state index >= 15 is 0 Å². The van der Waals surface area contributed by atoms with Crippen LogP contribution in [0, 0.1) is 13.8 Å². The maximum absolute atomic E-state index is 5.95. The van der Waals surface area contributed by atoms with Gasteiger partial charge < -0.3 is 0 Å². The summed E-state index contributed by atoms with van der Waals surface area (Å²) in [6.45, 7) is 4.08. The summed E-state index contributed by atoms with van der Waals surface area (Å²) < 4.78 is 0. The second-order valence-electron chi connectivity index (χ2n) is 8.72. The summed E-state index contributed by atoms with van der Waals surface area (Å²) in [6, 6.07) is 17.4. The molecule has 0 unspecified atom stereocenters. The number of fused-ring (bicyclic) bond motifs is 5. The van der Waals surface area contributed by atoms with E-state index < -0.39 is 0 Å². The molecule has 0 spiro atoms. The van der Waals surface area contributed by atoms with E-state index in [4.69, 9.17) is 11.6 Å². The Hall–Kier alpha value is -2.97. The molecule has 0 saturated carbocycles. The van der Waals surface area contributed by atoms with Crippen LogP contribution in [0.3, 0.4) is 0 Å². The fraction of sp³-hybridized carbons (Fsp3) is 0.241. The first-order valence-electron chi connectivity index (χ1n) is 11.3. The number of hydrogen-bond donors (Lipinski definition) is 0. The first-order valence-corrected chi connectivity index (χ1v) is 11.8. The van der Waals surface area contributed by atoms with E-state index in [1.54, 1.807) is 11.9 Å². The van der Waals surface area contributed by atoms with Crippen molar-refractivity contribution in [2.75, 3.05) is 0 Å². The first kappa shape index (κ1) is 20.9. The molecule has 0 radical (unpaired) electrons. The molecule has 0 amide bonds. The Labute approximate surface area is 194 Å².